The van der Waals surface area contributed by atoms with Gasteiger partial charge in [0.1, 0.15) is 59.6 Å². The van der Waals surface area contributed by atoms with Gasteiger partial charge in [0.15, 0.2) is 15.4 Å². The Hall–Kier alpha value is -8.15. The van der Waals surface area contributed by atoms with Gasteiger partial charge in [-0.3, -0.25) is 14.4 Å². The normalized spacial score (nSPS) is 14.7. The number of methoxy groups -OCH3 is 3. The van der Waals surface area contributed by atoms with Gasteiger partial charge < -0.3 is 60.3 Å². The van der Waals surface area contributed by atoms with Gasteiger partial charge in [-0.05, 0) is 103 Å². The predicted molar refractivity (Wildman–Crippen MR) is 332 cm³/mol. The topological polar surface area (TPSA) is 312 Å². The van der Waals surface area contributed by atoms with Crippen molar-refractivity contribution in [3.05, 3.63) is 114 Å². The Morgan fingerprint density at radius 3 is 1.27 bits per heavy atom. The van der Waals surface area contributed by atoms with E-state index in [-0.39, 0.29) is 41.4 Å². The zero-order valence-electron chi connectivity index (χ0n) is 46.7. The molecule has 0 spiro atoms. The number of aromatic nitrogens is 9. The number of benzene rings is 3. The van der Waals surface area contributed by atoms with Gasteiger partial charge in [-0.25, -0.2) is 44.9 Å². The molecule has 0 bridgehead atoms. The van der Waals surface area contributed by atoms with Crippen LogP contribution in [-0.4, -0.2) is 153 Å². The first-order valence-electron chi connectivity index (χ1n) is 27.1. The Labute approximate surface area is 509 Å². The molecule has 85 heavy (non-hydrogen) atoms. The van der Waals surface area contributed by atoms with E-state index in [0.717, 1.165) is 140 Å². The second-order valence-corrected chi connectivity index (χ2v) is 23.6. The maximum Gasteiger partial charge on any atom is 0.274 e. The summed E-state index contributed by atoms with van der Waals surface area (Å²) in [7, 11) is 4.78. The average Bonchev–Trinajstić information content (AvgIpc) is 4.45. The molecule has 12 rings (SSSR count). The second kappa shape index (κ2) is 29.6. The first kappa shape index (κ1) is 61.4. The van der Waals surface area contributed by atoms with Gasteiger partial charge in [-0.2, -0.15) is 0 Å². The highest BCUT2D eigenvalue weighted by molar-refractivity contribution is 9.10. The van der Waals surface area contributed by atoms with Gasteiger partial charge in [0.05, 0.1) is 67.8 Å². The molecule has 24 nitrogen and oxygen atoms in total. The molecule has 3 aliphatic rings. The highest BCUT2D eigenvalue weighted by Crippen LogP contribution is 2.40. The summed E-state index contributed by atoms with van der Waals surface area (Å²) in [4.78, 5) is 89.9. The number of piperidine rings is 3. The fourth-order valence-electron chi connectivity index (χ4n) is 9.40. The first-order chi connectivity index (χ1) is 41.4. The number of aldehydes is 1. The summed E-state index contributed by atoms with van der Waals surface area (Å²) < 4.78 is 20.2. The Kier molecular flexibility index (Phi) is 21.4. The number of hydrogen-bond donors (Lipinski definition) is 5. The van der Waals surface area contributed by atoms with Crippen molar-refractivity contribution in [3.8, 4) is 17.2 Å². The summed E-state index contributed by atoms with van der Waals surface area (Å²) in [6.07, 6.45) is 15.2. The van der Waals surface area contributed by atoms with Crippen molar-refractivity contribution in [2.24, 2.45) is 23.5 Å². The Bertz CT molecular complexity index is 3690. The highest BCUT2D eigenvalue weighted by atomic mass is 79.9. The van der Waals surface area contributed by atoms with Crippen LogP contribution in [-0.2, 0) is 4.79 Å². The quantitative estimate of drug-likeness (QED) is 0.0641. The average molecular weight is 1280 g/mol. The van der Waals surface area contributed by atoms with Crippen LogP contribution in [0.4, 0.5) is 26.8 Å². The summed E-state index contributed by atoms with van der Waals surface area (Å²) in [5, 5.41) is 27.2. The molecule has 28 heteroatoms. The lowest BCUT2D eigenvalue weighted by atomic mass is 9.98. The molecule has 9 heterocycles. The van der Waals surface area contributed by atoms with Crippen LogP contribution in [0.1, 0.15) is 70.0 Å². The van der Waals surface area contributed by atoms with E-state index in [1.54, 1.807) is 67.5 Å². The van der Waals surface area contributed by atoms with Crippen molar-refractivity contribution in [2.75, 3.05) is 99.1 Å². The summed E-state index contributed by atoms with van der Waals surface area (Å²) in [6.45, 7) is 5.92. The van der Waals surface area contributed by atoms with Crippen molar-refractivity contribution in [1.82, 2.24) is 44.9 Å². The summed E-state index contributed by atoms with van der Waals surface area (Å²) in [6, 6.07) is 16.0. The number of fused-ring (bicyclic) bond motifs is 3. The minimum absolute atomic E-state index is 0.148. The lowest BCUT2D eigenvalue weighted by molar-refractivity contribution is -0.111. The van der Waals surface area contributed by atoms with Crippen LogP contribution < -0.4 is 45.3 Å². The number of amides is 3. The van der Waals surface area contributed by atoms with E-state index in [0.29, 0.717) is 41.3 Å². The minimum Gasteiger partial charge on any atom is -0.495 e. The summed E-state index contributed by atoms with van der Waals surface area (Å²) in [5.74, 6) is 1.69. The van der Waals surface area contributed by atoms with E-state index in [1.807, 2.05) is 30.3 Å². The number of halogens is 1. The molecule has 9 aromatic rings. The zero-order valence-corrected chi connectivity index (χ0v) is 50.7. The molecule has 3 aromatic carbocycles. The second-order valence-electron chi connectivity index (χ2n) is 19.7. The third-order valence-electron chi connectivity index (χ3n) is 14.3. The van der Waals surface area contributed by atoms with Crippen LogP contribution in [0.5, 0.6) is 17.2 Å². The number of ether oxygens (including phenoxy) is 3. The summed E-state index contributed by atoms with van der Waals surface area (Å²) >= 11 is 8.38. The summed E-state index contributed by atoms with van der Waals surface area (Å²) in [5.41, 5.74) is 9.46. The Morgan fingerprint density at radius 1 is 0.576 bits per heavy atom. The standard InChI is InChI=1S/C19H21N5O3S.C19H19N5O3S.C14H17BrN2O2S.C5H5N3O/c2*1-27-16-8-15-17(9-14(16)22-18(26)13-2-5-20-11-21-13)28-19(23-15)24-6-3-12(10-25)4-7-24;1-19-12-7-11-13(6-10(12)15)20-14(16-11)17-4-2-9(8-18)3-5-17;6-5(9)4-1-2-7-3-8-4/h2,5,8-9,11-12,25H,3-4,6-7,10H2,1H3,(H,22,26);2,5,8-12H,3-4,6-7H2,1H3,(H,22,26);6-7,9,18H,2-5,8H2,1H3;1-3H,(H2,6,9). The number of rotatable bonds is 14. The van der Waals surface area contributed by atoms with E-state index in [4.69, 9.17) is 34.9 Å². The molecular weight excluding hydrogens is 1210 g/mol. The number of nitrogens with one attached hydrogen (secondary N) is 2. The van der Waals surface area contributed by atoms with Crippen molar-refractivity contribution < 1.29 is 43.6 Å². The number of carbonyl (C=O) groups excluding carboxylic acids is 4. The van der Waals surface area contributed by atoms with Crippen molar-refractivity contribution >= 4 is 131 Å². The third kappa shape index (κ3) is 15.8. The van der Waals surface area contributed by atoms with Crippen LogP contribution >= 0.6 is 49.9 Å². The molecule has 3 fully saturated rings. The molecule has 0 saturated carbocycles. The Balaban J connectivity index is 0.000000144. The molecule has 0 unspecified atom stereocenters. The molecule has 0 aliphatic carbocycles. The third-order valence-corrected chi connectivity index (χ3v) is 18.2. The van der Waals surface area contributed by atoms with Gasteiger partial charge in [-0.15, -0.1) is 0 Å². The van der Waals surface area contributed by atoms with Gasteiger partial charge >= 0.3 is 0 Å². The van der Waals surface area contributed by atoms with Gasteiger partial charge in [-0.1, -0.05) is 34.0 Å². The maximum absolute atomic E-state index is 12.4. The lowest BCUT2D eigenvalue weighted by Crippen LogP contribution is -2.34. The van der Waals surface area contributed by atoms with Crippen molar-refractivity contribution in [2.45, 2.75) is 38.5 Å². The Morgan fingerprint density at radius 2 is 0.941 bits per heavy atom. The molecule has 3 saturated heterocycles. The monoisotopic (exact) mass is 1280 g/mol. The van der Waals surface area contributed by atoms with Crippen molar-refractivity contribution in [3.63, 3.8) is 0 Å². The molecule has 0 atom stereocenters. The van der Waals surface area contributed by atoms with E-state index >= 15 is 0 Å². The molecule has 444 valence electrons. The fourth-order valence-corrected chi connectivity index (χ4v) is 13.2. The number of carbonyl (C=O) groups is 4. The van der Waals surface area contributed by atoms with Crippen LogP contribution in [0.15, 0.2) is 96.6 Å². The number of thiazole rings is 3. The van der Waals surface area contributed by atoms with E-state index < -0.39 is 5.91 Å². The largest absolute Gasteiger partial charge is 0.495 e. The van der Waals surface area contributed by atoms with E-state index in [2.05, 4.69) is 77.2 Å². The van der Waals surface area contributed by atoms with E-state index in [1.165, 1.54) is 43.6 Å². The number of anilines is 5. The van der Waals surface area contributed by atoms with Gasteiger partial charge in [0.2, 0.25) is 0 Å². The molecule has 3 amide bonds. The number of nitrogens with zero attached hydrogens (tertiary/aromatic N) is 12. The van der Waals surface area contributed by atoms with Crippen LogP contribution in [0.25, 0.3) is 30.6 Å². The van der Waals surface area contributed by atoms with Gasteiger partial charge in [0, 0.05) is 95.2 Å². The first-order valence-corrected chi connectivity index (χ1v) is 30.3. The van der Waals surface area contributed by atoms with Crippen LogP contribution in [0.3, 0.4) is 0 Å². The van der Waals surface area contributed by atoms with Crippen LogP contribution in [0, 0.1) is 17.8 Å². The fraction of sp³-hybridized carbons (Fsp3) is 0.351. The minimum atomic E-state index is -0.530. The number of aliphatic hydroxyl groups excluding tert-OH is 2. The maximum atomic E-state index is 12.4. The number of primary amides is 1. The number of aliphatic hydroxyl groups is 2. The highest BCUT2D eigenvalue weighted by Gasteiger charge is 2.25. The lowest BCUT2D eigenvalue weighted by Gasteiger charge is -2.30. The molecule has 0 radical (unpaired) electrons. The SMILES string of the molecule is COc1cc2nc(N3CCC(C=O)CC3)sc2cc1NC(=O)c1ccncn1.COc1cc2nc(N3CCC(CO)CC3)sc2cc1Br.COc1cc2nc(N3CCC(CO)CC3)sc2cc1NC(=O)c1ccncn1.NC(=O)c1ccncn1. The van der Waals surface area contributed by atoms with Crippen molar-refractivity contribution in [1.29, 1.82) is 0 Å². The molecule has 6 aromatic heterocycles. The van der Waals surface area contributed by atoms with Crippen LogP contribution in [0.2, 0.25) is 0 Å². The number of nitrogens with two attached hydrogens (primary N) is 1. The van der Waals surface area contributed by atoms with E-state index in [9.17, 15) is 29.4 Å². The molecule has 6 N–H and O–H groups in total. The molecular formula is C57H62BrN15O9S3. The molecule has 3 aliphatic heterocycles. The zero-order chi connectivity index (χ0) is 59.8. The van der Waals surface area contributed by atoms with Gasteiger partial charge in [0.25, 0.3) is 17.7 Å². The predicted octanol–water partition coefficient (Wildman–Crippen LogP) is 8.17. The smallest absolute Gasteiger partial charge is 0.274 e. The number of hydrogen-bond acceptors (Lipinski definition) is 24.